The number of hydrogen-bond acceptors (Lipinski definition) is 21. The Kier molecular flexibility index (Phi) is 30.8. The Balaban J connectivity index is 0.000000123. The Morgan fingerprint density at radius 3 is 1.27 bits per heavy atom. The number of alkyl halides is 3. The monoisotopic (exact) mass is 1800 g/mol. The van der Waals surface area contributed by atoms with Crippen molar-refractivity contribution in [1.29, 1.82) is 0 Å². The van der Waals surface area contributed by atoms with E-state index in [0.29, 0.717) is 95.1 Å². The smallest absolute Gasteiger partial charge is 0.370 e. The number of carbonyl (C=O) groups excluding carboxylic acids is 7. The summed E-state index contributed by atoms with van der Waals surface area (Å²) in [6, 6.07) is 31.4. The van der Waals surface area contributed by atoms with Crippen LogP contribution in [-0.2, 0) is 44.5 Å². The van der Waals surface area contributed by atoms with E-state index in [-0.39, 0.29) is 79.0 Å². The van der Waals surface area contributed by atoms with Crippen molar-refractivity contribution in [2.45, 2.75) is 242 Å². The van der Waals surface area contributed by atoms with Gasteiger partial charge in [0.1, 0.15) is 41.2 Å². The molecule has 10 fully saturated rings. The second-order valence-corrected chi connectivity index (χ2v) is 40.2. The number of pyridine rings is 3. The van der Waals surface area contributed by atoms with Crippen molar-refractivity contribution in [2.24, 2.45) is 47.3 Å². The van der Waals surface area contributed by atoms with Gasteiger partial charge in [-0.3, -0.25) is 53.2 Å². The minimum atomic E-state index is -4.45. The van der Waals surface area contributed by atoms with E-state index in [1.165, 1.54) is 138 Å². The number of carbonyl (C=O) groups is 7. The van der Waals surface area contributed by atoms with Gasteiger partial charge in [-0.15, -0.1) is 0 Å². The van der Waals surface area contributed by atoms with E-state index in [2.05, 4.69) is 175 Å². The number of ketones is 4. The number of allylic oxidation sites excluding steroid dienone is 2. The number of nitrogens with zero attached hydrogens (tertiary/aromatic N) is 9. The van der Waals surface area contributed by atoms with Crippen molar-refractivity contribution in [3.8, 4) is 0 Å². The summed E-state index contributed by atoms with van der Waals surface area (Å²) in [6.07, 6.45) is 39.2. The van der Waals surface area contributed by atoms with Crippen LogP contribution in [0.1, 0.15) is 189 Å². The van der Waals surface area contributed by atoms with Gasteiger partial charge in [-0.1, -0.05) is 71.3 Å². The quantitative estimate of drug-likeness (QED) is 0.0262. The van der Waals surface area contributed by atoms with Crippen LogP contribution in [0.3, 0.4) is 0 Å². The Hall–Kier alpha value is -10.2. The summed E-state index contributed by atoms with van der Waals surface area (Å²) < 4.78 is 45.0. The first-order valence-electron chi connectivity index (χ1n) is 49.2. The first-order valence-corrected chi connectivity index (χ1v) is 49.2. The van der Waals surface area contributed by atoms with Crippen LogP contribution in [0.2, 0.25) is 0 Å². The number of rotatable bonds is 25. The molecule has 4 unspecified atom stereocenters. The molecule has 4 saturated heterocycles. The molecule has 5 aliphatic heterocycles. The Morgan fingerprint density at radius 1 is 0.417 bits per heavy atom. The standard InChI is InChI=1S/C27H36N4O2.C27H34N4O2.C26H34N4O2.C25H29F3N4O2/c2*1-18-5-6-20-11-12-28-27(25(20)13-18)29-15-26(33)30-22-16-31(17-22)23-9-7-19(8-10-23)21-3-2-4-24(32)14-21;1-17-2-3-19-10-11-27-26(24(19)12-17)28-14-25(32)29-21-15-30(16-21)22-7-4-18(5-8-22)20-6-9-23(31)13-20;26-25(27,28)18-5-8-22-21(11-18)24(31-15-30-22)29-12-20(33)10-16-13-32(14-16)19-6-3-17(4-7-19)23-2-1-9-34-23/h5-6,11-13,19,21-23H,2-4,7-10,14-17H2,1H3,(H,28,29)(H,30,33);2,4-6,11-13,19,21-23H,3,7-10,14-17H2,1H3,(H,28,29)(H,30,33);2-3,10-12,18,20-22H,4-9,13-16H2,1H3,(H,27,28)(H,29,32);1-2,5,8,11,15-17,19,23H,3-4,6-7,9-10,12-14H2,(H,29,30,31). The summed E-state index contributed by atoms with van der Waals surface area (Å²) >= 11 is 0. The third-order valence-corrected chi connectivity index (χ3v) is 31.0. The lowest BCUT2D eigenvalue weighted by Gasteiger charge is -2.47. The molecule has 132 heavy (non-hydrogen) atoms. The lowest BCUT2D eigenvalue weighted by atomic mass is 9.71. The fourth-order valence-electron chi connectivity index (χ4n) is 23.5. The molecule has 4 aromatic carbocycles. The van der Waals surface area contributed by atoms with E-state index >= 15 is 0 Å². The van der Waals surface area contributed by atoms with Crippen LogP contribution in [-0.4, -0.2) is 219 Å². The minimum Gasteiger partial charge on any atom is -0.370 e. The SMILES string of the molecule is Cc1ccc2ccnc(NCC(=O)NC3CN(C4CCC(C5CC=CC(=O)C5)CC4)C3)c2c1.Cc1ccc2ccnc(NCC(=O)NC3CN(C4CCC(C5CCC(=O)C5)CC4)C3)c2c1.Cc1ccc2ccnc(NCC(=O)NC3CN(C4CCC(C5CCCC(=O)C5)CC4)C3)c2c1.O=C(CNc1ncnc2ccc(C(F)(F)F)cc12)CC1CN(C2CCC(C3C=CCO3)CC2)C1. The highest BCUT2D eigenvalue weighted by atomic mass is 19.4. The maximum Gasteiger partial charge on any atom is 0.416 e. The molecule has 0 spiro atoms. The highest BCUT2D eigenvalue weighted by Gasteiger charge is 2.43. The number of amides is 3. The van der Waals surface area contributed by atoms with Gasteiger partial charge in [0.05, 0.1) is 68.1 Å². The van der Waals surface area contributed by atoms with E-state index in [1.807, 2.05) is 18.2 Å². The Bertz CT molecular complexity index is 5440. The van der Waals surface area contributed by atoms with Gasteiger partial charge in [0, 0.05) is 155 Å². The van der Waals surface area contributed by atoms with Gasteiger partial charge in [-0.2, -0.15) is 13.2 Å². The third-order valence-electron chi connectivity index (χ3n) is 31.0. The number of benzene rings is 4. The molecule has 7 aliphatic carbocycles. The first kappa shape index (κ1) is 93.6. The number of fused-ring (bicyclic) bond motifs is 4. The van der Waals surface area contributed by atoms with E-state index in [4.69, 9.17) is 4.74 Å². The van der Waals surface area contributed by atoms with Gasteiger partial charge in [0.2, 0.25) is 17.7 Å². The van der Waals surface area contributed by atoms with Crippen molar-refractivity contribution in [2.75, 3.05) is 106 Å². The average Bonchev–Trinajstić information content (AvgIpc) is 1.09. The number of aryl methyl sites for hydroxylation is 3. The number of Topliss-reactive ketones (excluding diaryl/α,β-unsaturated/α-hetero) is 3. The van der Waals surface area contributed by atoms with Crippen LogP contribution in [0.15, 0.2) is 140 Å². The van der Waals surface area contributed by atoms with E-state index in [0.717, 1.165) is 184 Å². The zero-order chi connectivity index (χ0) is 91.4. The molecular formula is C105H133F3N16O8. The van der Waals surface area contributed by atoms with Crippen molar-refractivity contribution < 1.29 is 51.5 Å². The zero-order valence-corrected chi connectivity index (χ0v) is 77.0. The predicted molar refractivity (Wildman–Crippen MR) is 511 cm³/mol. The summed E-state index contributed by atoms with van der Waals surface area (Å²) in [7, 11) is 0. The molecule has 702 valence electrons. The fourth-order valence-corrected chi connectivity index (χ4v) is 23.5. The Labute approximate surface area is 773 Å². The van der Waals surface area contributed by atoms with Gasteiger partial charge >= 0.3 is 6.18 Å². The second kappa shape index (κ2) is 43.4. The number of hydrogen-bond donors (Lipinski definition) is 7. The average molecular weight is 1800 g/mol. The maximum atomic E-state index is 13.1. The normalized spacial score (nSPS) is 26.4. The first-order chi connectivity index (χ1) is 64.0. The lowest BCUT2D eigenvalue weighted by molar-refractivity contribution is -0.137. The summed E-state index contributed by atoms with van der Waals surface area (Å²) in [4.78, 5) is 117. The van der Waals surface area contributed by atoms with Crippen LogP contribution < -0.4 is 37.2 Å². The van der Waals surface area contributed by atoms with Crippen LogP contribution in [0.5, 0.6) is 0 Å². The van der Waals surface area contributed by atoms with E-state index in [9.17, 15) is 46.7 Å². The third kappa shape index (κ3) is 24.3. The molecule has 7 N–H and O–H groups in total. The molecule has 4 atom stereocenters. The van der Waals surface area contributed by atoms with Gasteiger partial charge in [0.15, 0.2) is 11.6 Å². The van der Waals surface area contributed by atoms with Gasteiger partial charge in [-0.05, 0) is 273 Å². The number of ether oxygens (including phenoxy) is 1. The van der Waals surface area contributed by atoms with Crippen molar-refractivity contribution in [3.05, 3.63) is 162 Å². The predicted octanol–water partition coefficient (Wildman–Crippen LogP) is 16.1. The summed E-state index contributed by atoms with van der Waals surface area (Å²) in [5, 5.41) is 28.9. The van der Waals surface area contributed by atoms with Gasteiger partial charge in [0.25, 0.3) is 0 Å². The molecule has 0 bridgehead atoms. The van der Waals surface area contributed by atoms with Crippen LogP contribution >= 0.6 is 0 Å². The van der Waals surface area contributed by atoms with Crippen molar-refractivity contribution in [3.63, 3.8) is 0 Å². The maximum absolute atomic E-state index is 13.1. The molecule has 9 heterocycles. The number of halogens is 3. The fraction of sp³-hybridized carbons (Fsp3) is 0.562. The summed E-state index contributed by atoms with van der Waals surface area (Å²) in [5.41, 5.74) is 3.17. The van der Waals surface area contributed by atoms with Crippen LogP contribution in [0.25, 0.3) is 43.2 Å². The molecule has 24 nitrogen and oxygen atoms in total. The number of likely N-dealkylation sites (tertiary alicyclic amines) is 4. The molecule has 12 aliphatic rings. The second-order valence-electron chi connectivity index (χ2n) is 40.2. The molecule has 4 aromatic heterocycles. The van der Waals surface area contributed by atoms with Crippen molar-refractivity contribution >= 4 is 107 Å². The van der Waals surface area contributed by atoms with Crippen LogP contribution in [0.4, 0.5) is 36.4 Å². The highest BCUT2D eigenvalue weighted by molar-refractivity contribution is 5.97. The summed E-state index contributed by atoms with van der Waals surface area (Å²) in [5.74, 6) is 8.91. The minimum absolute atomic E-state index is 0.0184. The topological polar surface area (TPSA) is 290 Å². The largest absolute Gasteiger partial charge is 0.416 e. The van der Waals surface area contributed by atoms with E-state index in [1.54, 1.807) is 24.7 Å². The molecule has 20 rings (SSSR count). The van der Waals surface area contributed by atoms with Gasteiger partial charge in [-0.25, -0.2) is 24.9 Å². The number of aromatic nitrogens is 5. The number of nitrogens with one attached hydrogen (secondary N) is 7. The highest BCUT2D eigenvalue weighted by Crippen LogP contribution is 2.44. The molecule has 27 heteroatoms. The Morgan fingerprint density at radius 2 is 0.841 bits per heavy atom. The molecule has 6 saturated carbocycles. The summed E-state index contributed by atoms with van der Waals surface area (Å²) in [6.45, 7) is 15.2. The molecule has 8 aromatic rings. The lowest BCUT2D eigenvalue weighted by Crippen LogP contribution is -2.63. The molecular weight excluding hydrogens is 1670 g/mol. The van der Waals surface area contributed by atoms with Crippen LogP contribution in [0, 0.1) is 68.1 Å². The van der Waals surface area contributed by atoms with Crippen molar-refractivity contribution in [1.82, 2.24) is 60.5 Å². The molecule has 3 amide bonds. The van der Waals surface area contributed by atoms with E-state index < -0.39 is 11.7 Å². The number of anilines is 4. The van der Waals surface area contributed by atoms with Gasteiger partial charge < -0.3 is 42.0 Å². The molecule has 0 radical (unpaired) electrons. The zero-order valence-electron chi connectivity index (χ0n) is 77.0.